The molecule has 9 aromatic rings. The minimum atomic E-state index is 0. The summed E-state index contributed by atoms with van der Waals surface area (Å²) in [4.78, 5) is 9.09. The van der Waals surface area contributed by atoms with Crippen molar-refractivity contribution in [3.8, 4) is 33.6 Å². The van der Waals surface area contributed by atoms with Crippen LogP contribution in [0.15, 0.2) is 140 Å². The van der Waals surface area contributed by atoms with E-state index in [1.54, 1.807) is 6.20 Å². The van der Waals surface area contributed by atoms with E-state index in [0.717, 1.165) is 34.3 Å². The van der Waals surface area contributed by atoms with Crippen LogP contribution in [0, 0.1) is 25.0 Å². The Bertz CT molecular complexity index is 2460. The van der Waals surface area contributed by atoms with Crippen molar-refractivity contribution in [2.45, 2.75) is 27.2 Å². The number of aryl methyl sites for hydroxylation is 1. The van der Waals surface area contributed by atoms with Crippen molar-refractivity contribution in [2.75, 3.05) is 0 Å². The van der Waals surface area contributed by atoms with Crippen LogP contribution in [-0.2, 0) is 26.5 Å². The summed E-state index contributed by atoms with van der Waals surface area (Å²) in [7, 11) is 0. The molecule has 4 heteroatoms. The van der Waals surface area contributed by atoms with Crippen molar-refractivity contribution in [3.63, 3.8) is 0 Å². The molecule has 0 unspecified atom stereocenters. The average Bonchev–Trinajstić information content (AvgIpc) is 3.66. The van der Waals surface area contributed by atoms with Crippen LogP contribution in [0.2, 0.25) is 0 Å². The maximum absolute atomic E-state index is 4.87. The van der Waals surface area contributed by atoms with Crippen LogP contribution in [0.4, 0.5) is 0 Å². The molecule has 0 N–H and O–H groups in total. The number of nitrogens with zero attached hydrogens (tertiary/aromatic N) is 3. The zero-order chi connectivity index (χ0) is 32.6. The molecule has 0 aliphatic carbocycles. The maximum atomic E-state index is 4.87. The minimum absolute atomic E-state index is 0. The predicted molar refractivity (Wildman–Crippen MR) is 200 cm³/mol. The zero-order valence-electron chi connectivity index (χ0n) is 27.7. The Morgan fingerprint density at radius 2 is 1.43 bits per heavy atom. The summed E-state index contributed by atoms with van der Waals surface area (Å²) in [5.74, 6) is 0.597. The first-order valence-corrected chi connectivity index (χ1v) is 16.6. The third-order valence-electron chi connectivity index (χ3n) is 9.08. The van der Waals surface area contributed by atoms with Gasteiger partial charge < -0.3 is 9.38 Å². The number of aromatic nitrogens is 3. The Labute approximate surface area is 301 Å². The van der Waals surface area contributed by atoms with E-state index in [1.807, 2.05) is 48.7 Å². The van der Waals surface area contributed by atoms with Crippen LogP contribution in [0.1, 0.15) is 25.0 Å². The van der Waals surface area contributed by atoms with Gasteiger partial charge in [0.25, 0.3) is 0 Å². The van der Waals surface area contributed by atoms with Crippen molar-refractivity contribution in [3.05, 3.63) is 163 Å². The molecule has 0 bridgehead atoms. The molecule has 5 aromatic carbocycles. The molecular weight excluding hydrogens is 775 g/mol. The first kappa shape index (κ1) is 32.4. The predicted octanol–water partition coefficient (Wildman–Crippen LogP) is 11.4. The Balaban J connectivity index is 0.000000246. The topological polar surface area (TPSA) is 30.2 Å². The fourth-order valence-electron chi connectivity index (χ4n) is 6.88. The molecule has 241 valence electrons. The Kier molecular flexibility index (Phi) is 9.10. The largest absolute Gasteiger partial charge is 0.348 e. The number of fused-ring (bicyclic) bond motifs is 6. The van der Waals surface area contributed by atoms with Gasteiger partial charge in [-0.3, -0.25) is 4.98 Å². The molecule has 9 rings (SSSR count). The van der Waals surface area contributed by atoms with Gasteiger partial charge in [0.05, 0.1) is 0 Å². The van der Waals surface area contributed by atoms with E-state index in [0.29, 0.717) is 5.92 Å². The van der Waals surface area contributed by atoms with Gasteiger partial charge in [0.1, 0.15) is 0 Å². The average molecular weight is 810 g/mol. The van der Waals surface area contributed by atoms with E-state index in [9.17, 15) is 0 Å². The number of hydrogen-bond donors (Lipinski definition) is 0. The fourth-order valence-corrected chi connectivity index (χ4v) is 6.88. The van der Waals surface area contributed by atoms with Crippen LogP contribution >= 0.6 is 0 Å². The molecule has 4 aromatic heterocycles. The number of rotatable bonds is 5. The molecule has 0 aliphatic rings. The molecule has 3 nitrogen and oxygen atoms in total. The van der Waals surface area contributed by atoms with Gasteiger partial charge in [-0.2, -0.15) is 0 Å². The quantitative estimate of drug-likeness (QED) is 0.162. The Hall–Kier alpha value is -5.15. The summed E-state index contributed by atoms with van der Waals surface area (Å²) in [6, 6.07) is 51.3. The molecule has 0 amide bonds. The summed E-state index contributed by atoms with van der Waals surface area (Å²) in [6.45, 7) is 6.71. The smallest absolute Gasteiger partial charge is 0.0464 e. The third-order valence-corrected chi connectivity index (χ3v) is 9.08. The SMILES string of the molecule is Cc1cnc(-c2[c-]c3c4cccc5c6ccccc6n(c3c(-c3ccccc3)c2)c45)cc1CC(C)C.[Ir].[c-]1ccccc1-c1ccccn1. The van der Waals surface area contributed by atoms with Gasteiger partial charge in [-0.15, -0.1) is 48.0 Å². The number of benzene rings is 5. The van der Waals surface area contributed by atoms with Crippen LogP contribution in [0.5, 0.6) is 0 Å². The molecule has 0 spiro atoms. The molecule has 0 fully saturated rings. The van der Waals surface area contributed by atoms with E-state index in [1.165, 1.54) is 55.0 Å². The number of hydrogen-bond acceptors (Lipinski definition) is 2. The fraction of sp³-hybridized carbons (Fsp3) is 0.111. The molecule has 0 atom stereocenters. The van der Waals surface area contributed by atoms with Crippen molar-refractivity contribution < 1.29 is 20.1 Å². The van der Waals surface area contributed by atoms with Crippen molar-refractivity contribution in [1.82, 2.24) is 14.4 Å². The third kappa shape index (κ3) is 6.03. The summed E-state index contributed by atoms with van der Waals surface area (Å²) >= 11 is 0. The summed E-state index contributed by atoms with van der Waals surface area (Å²) < 4.78 is 2.45. The van der Waals surface area contributed by atoms with Gasteiger partial charge in [-0.25, -0.2) is 0 Å². The van der Waals surface area contributed by atoms with Crippen LogP contribution < -0.4 is 0 Å². The van der Waals surface area contributed by atoms with Crippen molar-refractivity contribution >= 4 is 38.1 Å². The van der Waals surface area contributed by atoms with E-state index in [-0.39, 0.29) is 20.1 Å². The molecule has 49 heavy (non-hydrogen) atoms. The van der Waals surface area contributed by atoms with Gasteiger partial charge in [0.15, 0.2) is 0 Å². The van der Waals surface area contributed by atoms with E-state index < -0.39 is 0 Å². The monoisotopic (exact) mass is 810 g/mol. The standard InChI is InChI=1S/C34H27N2.C11H8N.Ir/c1-21(2)16-24-19-31(35-20-22(24)3)25-17-29(23-10-5-4-6-11-23)34-30(18-25)28-14-9-13-27-26-12-7-8-15-32(26)36(34)33(27)28;1-2-6-10(7-3-1)11-8-4-5-9-12-11;/h4-15,17,19-21H,16H2,1-3H3;1-6,8-9H;/q2*-1;. The van der Waals surface area contributed by atoms with Crippen LogP contribution in [0.3, 0.4) is 0 Å². The Morgan fingerprint density at radius 1 is 0.673 bits per heavy atom. The second-order valence-electron chi connectivity index (χ2n) is 12.8. The first-order chi connectivity index (χ1) is 23.6. The summed E-state index contributed by atoms with van der Waals surface area (Å²) in [5.41, 5.74) is 12.8. The number of para-hydroxylation sites is 2. The van der Waals surface area contributed by atoms with Crippen molar-refractivity contribution in [1.29, 1.82) is 0 Å². The first-order valence-electron chi connectivity index (χ1n) is 16.6. The van der Waals surface area contributed by atoms with Gasteiger partial charge >= 0.3 is 0 Å². The van der Waals surface area contributed by atoms with Gasteiger partial charge in [-0.1, -0.05) is 121 Å². The van der Waals surface area contributed by atoms with Crippen LogP contribution in [0.25, 0.3) is 71.7 Å². The van der Waals surface area contributed by atoms with Gasteiger partial charge in [0, 0.05) is 60.0 Å². The number of pyridine rings is 2. The molecule has 0 aliphatic heterocycles. The Morgan fingerprint density at radius 3 is 2.20 bits per heavy atom. The minimum Gasteiger partial charge on any atom is -0.348 e. The van der Waals surface area contributed by atoms with Crippen molar-refractivity contribution in [2.24, 2.45) is 5.92 Å². The second-order valence-corrected chi connectivity index (χ2v) is 12.8. The van der Waals surface area contributed by atoms with Gasteiger partial charge in [-0.05, 0) is 59.3 Å². The van der Waals surface area contributed by atoms with E-state index >= 15 is 0 Å². The molecule has 4 heterocycles. The van der Waals surface area contributed by atoms with E-state index in [4.69, 9.17) is 4.98 Å². The molecule has 1 radical (unpaired) electrons. The van der Waals surface area contributed by atoms with E-state index in [2.05, 4.69) is 127 Å². The normalized spacial score (nSPS) is 11.3. The molecule has 0 saturated carbocycles. The second kappa shape index (κ2) is 13.8. The summed E-state index contributed by atoms with van der Waals surface area (Å²) in [5, 5.41) is 4.99. The maximum Gasteiger partial charge on any atom is 0.0464 e. The summed E-state index contributed by atoms with van der Waals surface area (Å²) in [6.07, 6.45) is 4.86. The van der Waals surface area contributed by atoms with Crippen LogP contribution in [-0.4, -0.2) is 14.4 Å². The molecular formula is C45H35IrN3-2. The molecule has 0 saturated heterocycles. The van der Waals surface area contributed by atoms with Gasteiger partial charge in [0.2, 0.25) is 0 Å². The zero-order valence-corrected chi connectivity index (χ0v) is 30.1.